The van der Waals surface area contributed by atoms with Crippen molar-refractivity contribution in [3.63, 3.8) is 0 Å². The van der Waals surface area contributed by atoms with Crippen LogP contribution in [0.1, 0.15) is 47.8 Å². The Morgan fingerprint density at radius 3 is 2.69 bits per heavy atom. The Hall–Kier alpha value is -3.10. The van der Waals surface area contributed by atoms with Crippen molar-refractivity contribution >= 4 is 35.5 Å². The minimum Gasteiger partial charge on any atom is -0.481 e. The third-order valence-corrected chi connectivity index (χ3v) is 7.62. The molecule has 36 heavy (non-hydrogen) atoms. The molecular weight excluding hydrogens is 478 g/mol. The molecule has 8 nitrogen and oxygen atoms in total. The van der Waals surface area contributed by atoms with Gasteiger partial charge in [-0.2, -0.15) is 0 Å². The standard InChI is InChI=1S/C27H33ClN5O3/c1-18-13-22(31-23(14-18)36-5)25(34)32-11-12-33(4,27(2,3)17-32)26(35)24-29-10-9-20(16-30-24)19-7-6-8-21(28)15-19/h6-8,13-16,20H,9-12,17H2,1-5H3/q+1. The molecule has 1 saturated heterocycles. The summed E-state index contributed by atoms with van der Waals surface area (Å²) in [7, 11) is 3.44. The number of amides is 2. The van der Waals surface area contributed by atoms with Gasteiger partial charge in [0.1, 0.15) is 17.8 Å². The van der Waals surface area contributed by atoms with Gasteiger partial charge in [-0.05, 0) is 56.5 Å². The van der Waals surface area contributed by atoms with E-state index in [1.54, 1.807) is 17.0 Å². The summed E-state index contributed by atoms with van der Waals surface area (Å²) in [6.45, 7) is 7.68. The summed E-state index contributed by atoms with van der Waals surface area (Å²) in [5.41, 5.74) is 1.74. The molecule has 2 unspecified atom stereocenters. The quantitative estimate of drug-likeness (QED) is 0.584. The van der Waals surface area contributed by atoms with Gasteiger partial charge in [-0.15, -0.1) is 0 Å². The number of piperazine rings is 1. The SMILES string of the molecule is COc1cc(C)cc(C(=O)N2CC[N+](C)(C(=O)C3=NCCC(c4cccc(Cl)c4)C=N3)C(C)(C)C2)n1. The molecule has 1 fully saturated rings. The van der Waals surface area contributed by atoms with E-state index >= 15 is 0 Å². The average molecular weight is 511 g/mol. The predicted octanol–water partition coefficient (Wildman–Crippen LogP) is 3.92. The van der Waals surface area contributed by atoms with E-state index < -0.39 is 5.54 Å². The summed E-state index contributed by atoms with van der Waals surface area (Å²) < 4.78 is 5.35. The molecule has 0 saturated carbocycles. The molecule has 1 aromatic heterocycles. The molecule has 190 valence electrons. The van der Waals surface area contributed by atoms with E-state index in [9.17, 15) is 9.59 Å². The van der Waals surface area contributed by atoms with Crippen LogP contribution in [0.25, 0.3) is 0 Å². The van der Waals surface area contributed by atoms with Crippen LogP contribution in [-0.2, 0) is 4.79 Å². The Bertz CT molecular complexity index is 1240. The van der Waals surface area contributed by atoms with E-state index in [1.165, 1.54) is 7.11 Å². The Morgan fingerprint density at radius 2 is 2.00 bits per heavy atom. The number of amidine groups is 1. The highest BCUT2D eigenvalue weighted by Crippen LogP contribution is 2.31. The predicted molar refractivity (Wildman–Crippen MR) is 141 cm³/mol. The highest BCUT2D eigenvalue weighted by atomic mass is 35.5. The number of methoxy groups -OCH3 is 1. The maximum absolute atomic E-state index is 13.8. The molecule has 1 aromatic carbocycles. The fraction of sp³-hybridized carbons (Fsp3) is 0.444. The minimum absolute atomic E-state index is 0.0457. The van der Waals surface area contributed by atoms with Gasteiger partial charge in [-0.1, -0.05) is 23.7 Å². The van der Waals surface area contributed by atoms with Crippen molar-refractivity contribution in [1.29, 1.82) is 0 Å². The second-order valence-corrected chi connectivity index (χ2v) is 10.7. The lowest BCUT2D eigenvalue weighted by molar-refractivity contribution is -0.885. The molecule has 0 aliphatic carbocycles. The second-order valence-electron chi connectivity index (χ2n) is 10.3. The van der Waals surface area contributed by atoms with Crippen LogP contribution in [0.3, 0.4) is 0 Å². The largest absolute Gasteiger partial charge is 0.481 e. The number of nitrogens with zero attached hydrogens (tertiary/aromatic N) is 5. The number of hydrogen-bond donors (Lipinski definition) is 0. The van der Waals surface area contributed by atoms with Crippen LogP contribution in [0, 0.1) is 6.92 Å². The van der Waals surface area contributed by atoms with E-state index in [1.807, 2.05) is 58.3 Å². The fourth-order valence-corrected chi connectivity index (χ4v) is 5.00. The Kier molecular flexibility index (Phi) is 7.29. The van der Waals surface area contributed by atoms with Gasteiger partial charge in [-0.3, -0.25) is 9.79 Å². The van der Waals surface area contributed by atoms with E-state index in [0.717, 1.165) is 17.5 Å². The maximum Gasteiger partial charge on any atom is 0.383 e. The first-order valence-corrected chi connectivity index (χ1v) is 12.5. The monoisotopic (exact) mass is 510 g/mol. The molecule has 9 heteroatoms. The van der Waals surface area contributed by atoms with Gasteiger partial charge in [-0.25, -0.2) is 19.3 Å². The van der Waals surface area contributed by atoms with Crippen molar-refractivity contribution < 1.29 is 18.8 Å². The first-order chi connectivity index (χ1) is 17.0. The van der Waals surface area contributed by atoms with Gasteiger partial charge in [0.2, 0.25) is 5.88 Å². The molecule has 0 N–H and O–H groups in total. The van der Waals surface area contributed by atoms with Crippen LogP contribution in [-0.4, -0.2) is 84.1 Å². The highest BCUT2D eigenvalue weighted by molar-refractivity contribution is 6.36. The van der Waals surface area contributed by atoms with E-state index in [0.29, 0.717) is 42.8 Å². The number of carbonyl (C=O) groups is 2. The smallest absolute Gasteiger partial charge is 0.383 e. The van der Waals surface area contributed by atoms with Crippen LogP contribution in [0.5, 0.6) is 5.88 Å². The van der Waals surface area contributed by atoms with Crippen molar-refractivity contribution in [3.8, 4) is 5.88 Å². The Labute approximate surface area is 217 Å². The number of pyridine rings is 1. The second kappa shape index (κ2) is 10.1. The molecule has 2 amide bonds. The van der Waals surface area contributed by atoms with Crippen molar-refractivity contribution in [3.05, 3.63) is 58.2 Å². The summed E-state index contributed by atoms with van der Waals surface area (Å²) in [5, 5.41) is 0.675. The summed E-state index contributed by atoms with van der Waals surface area (Å²) in [6.07, 6.45) is 2.56. The third kappa shape index (κ3) is 5.06. The topological polar surface area (TPSA) is 84.2 Å². The molecule has 3 heterocycles. The molecule has 0 spiro atoms. The number of aryl methyl sites for hydroxylation is 1. The molecule has 2 atom stereocenters. The summed E-state index contributed by atoms with van der Waals surface area (Å²) in [4.78, 5) is 42.3. The molecule has 4 rings (SSSR count). The molecule has 0 radical (unpaired) electrons. The van der Waals surface area contributed by atoms with Crippen molar-refractivity contribution in [1.82, 2.24) is 9.88 Å². The van der Waals surface area contributed by atoms with Crippen molar-refractivity contribution in [2.75, 3.05) is 40.3 Å². The number of halogens is 1. The molecule has 2 aliphatic rings. The normalized spacial score (nSPS) is 23.6. The zero-order chi connectivity index (χ0) is 26.1. The number of ether oxygens (including phenoxy) is 1. The summed E-state index contributed by atoms with van der Waals surface area (Å²) >= 11 is 6.16. The van der Waals surface area contributed by atoms with Crippen LogP contribution in [0.4, 0.5) is 0 Å². The van der Waals surface area contributed by atoms with Crippen molar-refractivity contribution in [2.24, 2.45) is 9.98 Å². The number of carbonyl (C=O) groups excluding carboxylic acids is 2. The summed E-state index contributed by atoms with van der Waals surface area (Å²) in [6, 6.07) is 11.2. The molecule has 2 aliphatic heterocycles. The third-order valence-electron chi connectivity index (χ3n) is 7.39. The maximum atomic E-state index is 13.8. The van der Waals surface area contributed by atoms with E-state index in [4.69, 9.17) is 16.3 Å². The van der Waals surface area contributed by atoms with Gasteiger partial charge in [0.15, 0.2) is 0 Å². The number of likely N-dealkylation sites (N-methyl/N-ethyl adjacent to an activating group) is 1. The number of rotatable bonds is 4. The lowest BCUT2D eigenvalue weighted by atomic mass is 9.94. The number of quaternary nitrogens is 1. The molecular formula is C27H33ClN5O3+. The number of aliphatic imine (C=N–C) groups is 2. The van der Waals surface area contributed by atoms with Crippen LogP contribution >= 0.6 is 11.6 Å². The van der Waals surface area contributed by atoms with E-state index in [-0.39, 0.29) is 28.1 Å². The fourth-order valence-electron chi connectivity index (χ4n) is 4.81. The minimum atomic E-state index is -0.560. The first kappa shape index (κ1) is 26.0. The Morgan fingerprint density at radius 1 is 1.22 bits per heavy atom. The lowest BCUT2D eigenvalue weighted by Crippen LogP contribution is -2.73. The first-order valence-electron chi connectivity index (χ1n) is 12.1. The van der Waals surface area contributed by atoms with Gasteiger partial charge < -0.3 is 9.64 Å². The number of aromatic nitrogens is 1. The molecule has 2 aromatic rings. The average Bonchev–Trinajstić information content (AvgIpc) is 3.10. The van der Waals surface area contributed by atoms with Gasteiger partial charge in [0.25, 0.3) is 11.7 Å². The van der Waals surface area contributed by atoms with E-state index in [2.05, 4.69) is 15.0 Å². The zero-order valence-corrected chi connectivity index (χ0v) is 22.2. The van der Waals surface area contributed by atoms with Crippen LogP contribution < -0.4 is 4.74 Å². The van der Waals surface area contributed by atoms with Gasteiger partial charge >= 0.3 is 5.91 Å². The number of hydrogen-bond acceptors (Lipinski definition) is 6. The highest BCUT2D eigenvalue weighted by Gasteiger charge is 2.53. The molecule has 0 bridgehead atoms. The Balaban J connectivity index is 1.51. The van der Waals surface area contributed by atoms with Crippen LogP contribution in [0.2, 0.25) is 5.02 Å². The van der Waals surface area contributed by atoms with Gasteiger partial charge in [0.05, 0.1) is 27.2 Å². The zero-order valence-electron chi connectivity index (χ0n) is 21.5. The van der Waals surface area contributed by atoms with Crippen LogP contribution in [0.15, 0.2) is 46.4 Å². The van der Waals surface area contributed by atoms with Gasteiger partial charge in [0, 0.05) is 29.8 Å². The summed E-state index contributed by atoms with van der Waals surface area (Å²) in [5.74, 6) is 0.387. The van der Waals surface area contributed by atoms with Crippen molar-refractivity contribution in [2.45, 2.75) is 38.6 Å². The lowest BCUT2D eigenvalue weighted by Gasteiger charge is -2.51. The number of benzene rings is 1.